The molecule has 0 atom stereocenters. The van der Waals surface area contributed by atoms with Crippen LogP contribution in [0.3, 0.4) is 0 Å². The number of anilines is 1. The van der Waals surface area contributed by atoms with E-state index in [9.17, 15) is 13.2 Å². The number of benzene rings is 2. The summed E-state index contributed by atoms with van der Waals surface area (Å²) in [6, 6.07) is 18.3. The smallest absolute Gasteiger partial charge is 0.271 e. The van der Waals surface area contributed by atoms with E-state index < -0.39 is 10.0 Å². The molecule has 0 saturated heterocycles. The Hall–Kier alpha value is -2.68. The summed E-state index contributed by atoms with van der Waals surface area (Å²) in [5, 5.41) is 4.73. The summed E-state index contributed by atoms with van der Waals surface area (Å²) in [4.78, 5) is 15.2. The standard InChI is InChI=1S/C24H27N3O3S2/c1-24(2,27-13-12-18-7-3-4-8-20(18)16-27)17-25-23(28)19-9-5-10-21(15-19)26-32(29,30)22-11-6-14-31-22/h3-11,14-15,26H,12-13,16-17H2,1-2H3,(H,25,28). The molecular formula is C24H27N3O3S2. The van der Waals surface area contributed by atoms with Crippen LogP contribution in [0.15, 0.2) is 70.3 Å². The van der Waals surface area contributed by atoms with Crippen molar-refractivity contribution in [2.45, 2.75) is 36.6 Å². The van der Waals surface area contributed by atoms with Gasteiger partial charge in [0.25, 0.3) is 15.9 Å². The van der Waals surface area contributed by atoms with Gasteiger partial charge in [-0.15, -0.1) is 11.3 Å². The maximum Gasteiger partial charge on any atom is 0.271 e. The second-order valence-electron chi connectivity index (χ2n) is 8.55. The molecule has 0 aliphatic carbocycles. The molecule has 0 spiro atoms. The number of nitrogens with zero attached hydrogens (tertiary/aromatic N) is 1. The quantitative estimate of drug-likeness (QED) is 0.546. The number of hydrogen-bond donors (Lipinski definition) is 2. The Morgan fingerprint density at radius 3 is 2.59 bits per heavy atom. The fourth-order valence-corrected chi connectivity index (χ4v) is 5.91. The monoisotopic (exact) mass is 469 g/mol. The van der Waals surface area contributed by atoms with Crippen molar-refractivity contribution in [1.82, 2.24) is 10.2 Å². The van der Waals surface area contributed by atoms with Crippen LogP contribution in [0.4, 0.5) is 5.69 Å². The first-order chi connectivity index (χ1) is 15.2. The number of carbonyl (C=O) groups is 1. The van der Waals surface area contributed by atoms with Gasteiger partial charge < -0.3 is 5.32 Å². The summed E-state index contributed by atoms with van der Waals surface area (Å²) in [5.41, 5.74) is 3.28. The second-order valence-corrected chi connectivity index (χ2v) is 11.4. The van der Waals surface area contributed by atoms with Crippen molar-refractivity contribution in [3.8, 4) is 0 Å². The number of carbonyl (C=O) groups excluding carboxylic acids is 1. The van der Waals surface area contributed by atoms with Crippen LogP contribution in [-0.2, 0) is 23.0 Å². The number of fused-ring (bicyclic) bond motifs is 1. The number of rotatable bonds is 7. The first-order valence-electron chi connectivity index (χ1n) is 10.5. The third-order valence-corrected chi connectivity index (χ3v) is 8.58. The van der Waals surface area contributed by atoms with E-state index in [1.807, 2.05) is 0 Å². The van der Waals surface area contributed by atoms with Gasteiger partial charge in [0.1, 0.15) is 4.21 Å². The van der Waals surface area contributed by atoms with Gasteiger partial charge in [0.2, 0.25) is 0 Å². The highest BCUT2D eigenvalue weighted by molar-refractivity contribution is 7.94. The summed E-state index contributed by atoms with van der Waals surface area (Å²) in [6.45, 7) is 6.55. The predicted octanol–water partition coefficient (Wildman–Crippen LogP) is 4.12. The zero-order valence-corrected chi connectivity index (χ0v) is 19.8. The Kier molecular flexibility index (Phi) is 6.37. The molecule has 4 rings (SSSR count). The third-order valence-electron chi connectivity index (χ3n) is 5.81. The molecule has 32 heavy (non-hydrogen) atoms. The lowest BCUT2D eigenvalue weighted by Gasteiger charge is -2.41. The number of hydrogen-bond acceptors (Lipinski definition) is 5. The van der Waals surface area contributed by atoms with Crippen LogP contribution in [0, 0.1) is 0 Å². The molecule has 1 aromatic heterocycles. The Morgan fingerprint density at radius 1 is 1.06 bits per heavy atom. The molecule has 168 valence electrons. The molecule has 1 aliphatic rings. The van der Waals surface area contributed by atoms with Crippen LogP contribution in [0.1, 0.15) is 35.3 Å². The van der Waals surface area contributed by atoms with Crippen molar-refractivity contribution >= 4 is 33.0 Å². The van der Waals surface area contributed by atoms with Crippen molar-refractivity contribution in [1.29, 1.82) is 0 Å². The normalized spacial score (nSPS) is 14.6. The van der Waals surface area contributed by atoms with Crippen LogP contribution in [-0.4, -0.2) is 37.9 Å². The van der Waals surface area contributed by atoms with Crippen LogP contribution in [0.25, 0.3) is 0 Å². The Morgan fingerprint density at radius 2 is 1.84 bits per heavy atom. The third kappa shape index (κ3) is 5.03. The molecule has 1 aliphatic heterocycles. The minimum Gasteiger partial charge on any atom is -0.350 e. The fourth-order valence-electron chi connectivity index (χ4n) is 3.87. The predicted molar refractivity (Wildman–Crippen MR) is 129 cm³/mol. The molecule has 0 saturated carbocycles. The first-order valence-corrected chi connectivity index (χ1v) is 12.9. The summed E-state index contributed by atoms with van der Waals surface area (Å²) in [6.07, 6.45) is 1.000. The largest absolute Gasteiger partial charge is 0.350 e. The minimum absolute atomic E-state index is 0.221. The van der Waals surface area contributed by atoms with Gasteiger partial charge in [-0.2, -0.15) is 0 Å². The summed E-state index contributed by atoms with van der Waals surface area (Å²) in [5.74, 6) is -0.229. The molecule has 2 N–H and O–H groups in total. The Labute approximate surface area is 193 Å². The first kappa shape index (κ1) is 22.5. The van der Waals surface area contributed by atoms with Crippen molar-refractivity contribution in [2.24, 2.45) is 0 Å². The van der Waals surface area contributed by atoms with E-state index in [0.717, 1.165) is 30.8 Å². The van der Waals surface area contributed by atoms with Crippen LogP contribution in [0.2, 0.25) is 0 Å². The van der Waals surface area contributed by atoms with Gasteiger partial charge in [-0.05, 0) is 61.0 Å². The molecule has 2 aromatic carbocycles. The van der Waals surface area contributed by atoms with Gasteiger partial charge in [-0.1, -0.05) is 36.4 Å². The van der Waals surface area contributed by atoms with Gasteiger partial charge in [-0.25, -0.2) is 8.42 Å². The highest BCUT2D eigenvalue weighted by atomic mass is 32.2. The molecular weight excluding hydrogens is 442 g/mol. The average molecular weight is 470 g/mol. The average Bonchev–Trinajstić information content (AvgIpc) is 3.33. The van der Waals surface area contributed by atoms with Gasteiger partial charge in [0.15, 0.2) is 0 Å². The molecule has 1 amide bonds. The van der Waals surface area contributed by atoms with Crippen LogP contribution in [0.5, 0.6) is 0 Å². The van der Waals surface area contributed by atoms with E-state index in [1.54, 1.807) is 41.8 Å². The molecule has 0 bridgehead atoms. The van der Waals surface area contributed by atoms with E-state index in [-0.39, 0.29) is 15.7 Å². The van der Waals surface area contributed by atoms with E-state index in [1.165, 1.54) is 11.1 Å². The second kappa shape index (κ2) is 9.05. The highest BCUT2D eigenvalue weighted by Gasteiger charge is 2.30. The Bertz CT molecular complexity index is 1200. The van der Waals surface area contributed by atoms with E-state index in [0.29, 0.717) is 17.8 Å². The van der Waals surface area contributed by atoms with Crippen LogP contribution >= 0.6 is 11.3 Å². The number of amides is 1. The molecule has 8 heteroatoms. The van der Waals surface area contributed by atoms with Crippen molar-refractivity contribution in [3.63, 3.8) is 0 Å². The maximum absolute atomic E-state index is 12.8. The lowest BCUT2D eigenvalue weighted by Crippen LogP contribution is -2.53. The molecule has 0 unspecified atom stereocenters. The van der Waals surface area contributed by atoms with E-state index >= 15 is 0 Å². The fraction of sp³-hybridized carbons (Fsp3) is 0.292. The lowest BCUT2D eigenvalue weighted by atomic mass is 9.94. The number of thiophene rings is 1. The van der Waals surface area contributed by atoms with Crippen molar-refractivity contribution in [2.75, 3.05) is 17.8 Å². The van der Waals surface area contributed by atoms with Gasteiger partial charge >= 0.3 is 0 Å². The highest BCUT2D eigenvalue weighted by Crippen LogP contribution is 2.25. The zero-order valence-electron chi connectivity index (χ0n) is 18.2. The van der Waals surface area contributed by atoms with E-state index in [2.05, 4.69) is 53.1 Å². The zero-order chi connectivity index (χ0) is 22.8. The summed E-state index contributed by atoms with van der Waals surface area (Å²) >= 11 is 1.15. The topological polar surface area (TPSA) is 78.5 Å². The van der Waals surface area contributed by atoms with Gasteiger partial charge in [0.05, 0.1) is 0 Å². The van der Waals surface area contributed by atoms with E-state index in [4.69, 9.17) is 0 Å². The van der Waals surface area contributed by atoms with Crippen molar-refractivity contribution in [3.05, 3.63) is 82.7 Å². The minimum atomic E-state index is -3.66. The summed E-state index contributed by atoms with van der Waals surface area (Å²) in [7, 11) is -3.66. The van der Waals surface area contributed by atoms with Crippen molar-refractivity contribution < 1.29 is 13.2 Å². The number of nitrogens with one attached hydrogen (secondary N) is 2. The molecule has 0 radical (unpaired) electrons. The molecule has 2 heterocycles. The van der Waals surface area contributed by atoms with Gasteiger partial charge in [0, 0.05) is 36.4 Å². The molecule has 3 aromatic rings. The van der Waals surface area contributed by atoms with Gasteiger partial charge in [-0.3, -0.25) is 14.4 Å². The molecule has 6 nitrogen and oxygen atoms in total. The Balaban J connectivity index is 1.39. The lowest BCUT2D eigenvalue weighted by molar-refractivity contribution is 0.0826. The SMILES string of the molecule is CC(C)(CNC(=O)c1cccc(NS(=O)(=O)c2cccs2)c1)N1CCc2ccccc2C1. The molecule has 0 fully saturated rings. The number of sulfonamides is 1. The maximum atomic E-state index is 12.8. The summed E-state index contributed by atoms with van der Waals surface area (Å²) < 4.78 is 27.7. The van der Waals surface area contributed by atoms with Crippen LogP contribution < -0.4 is 10.0 Å².